The van der Waals surface area contributed by atoms with Gasteiger partial charge in [0.25, 0.3) is 5.91 Å². The first-order chi connectivity index (χ1) is 8.86. The number of carbonyl (C=O) groups is 2. The van der Waals surface area contributed by atoms with Crippen molar-refractivity contribution in [2.24, 2.45) is 5.92 Å². The van der Waals surface area contributed by atoms with Crippen LogP contribution in [0.4, 0.5) is 0 Å². The van der Waals surface area contributed by atoms with E-state index in [1.54, 1.807) is 6.07 Å². The molecule has 0 aromatic heterocycles. The number of ether oxygens (including phenoxy) is 1. The normalized spacial score (nSPS) is 12.1. The Hall–Kier alpha value is -1.84. The number of benzene rings is 1. The van der Waals surface area contributed by atoms with Gasteiger partial charge in [0.05, 0.1) is 7.11 Å². The van der Waals surface area contributed by atoms with Gasteiger partial charge in [-0.2, -0.15) is 0 Å². The molecule has 0 unspecified atom stereocenters. The van der Waals surface area contributed by atoms with Crippen LogP contribution in [0.3, 0.4) is 0 Å². The largest absolute Gasteiger partial charge is 0.467 e. The fourth-order valence-corrected chi connectivity index (χ4v) is 1.73. The molecule has 1 aromatic carbocycles. The summed E-state index contributed by atoms with van der Waals surface area (Å²) in [5, 5.41) is 2.72. The van der Waals surface area contributed by atoms with E-state index >= 15 is 0 Å². The predicted octanol–water partition coefficient (Wildman–Crippen LogP) is 2.23. The van der Waals surface area contributed by atoms with Gasteiger partial charge in [-0.05, 0) is 43.0 Å². The summed E-state index contributed by atoms with van der Waals surface area (Å²) < 4.78 is 4.70. The average molecular weight is 263 g/mol. The van der Waals surface area contributed by atoms with Gasteiger partial charge in [-0.25, -0.2) is 4.79 Å². The highest BCUT2D eigenvalue weighted by Crippen LogP contribution is 2.11. The molecule has 0 spiro atoms. The van der Waals surface area contributed by atoms with E-state index in [2.05, 4.69) is 5.32 Å². The van der Waals surface area contributed by atoms with Crippen molar-refractivity contribution >= 4 is 11.9 Å². The van der Waals surface area contributed by atoms with Crippen LogP contribution >= 0.6 is 0 Å². The molecule has 0 bridgehead atoms. The second-order valence-corrected chi connectivity index (χ2v) is 5.02. The van der Waals surface area contributed by atoms with E-state index < -0.39 is 12.0 Å². The van der Waals surface area contributed by atoms with Crippen LogP contribution in [-0.2, 0) is 9.53 Å². The molecular formula is C15H21NO3. The Morgan fingerprint density at radius 3 is 2.26 bits per heavy atom. The van der Waals surface area contributed by atoms with Crippen molar-refractivity contribution in [3.63, 3.8) is 0 Å². The molecule has 1 aromatic rings. The second-order valence-electron chi connectivity index (χ2n) is 5.02. The molecule has 1 N–H and O–H groups in total. The average Bonchev–Trinajstić information content (AvgIpc) is 2.37. The Morgan fingerprint density at radius 2 is 1.79 bits per heavy atom. The molecule has 1 atom stereocenters. The molecule has 1 amide bonds. The molecule has 0 aliphatic rings. The van der Waals surface area contributed by atoms with E-state index in [9.17, 15) is 9.59 Å². The minimum atomic E-state index is -0.626. The standard InChI is InChI=1S/C15H21NO3/c1-9(2)13(15(18)19-5)16-14(17)12-7-6-10(3)11(4)8-12/h6-9,13H,1-5H3,(H,16,17)/t13-/m1/s1. The predicted molar refractivity (Wildman–Crippen MR) is 74.0 cm³/mol. The Labute approximate surface area is 114 Å². The second kappa shape index (κ2) is 6.36. The van der Waals surface area contributed by atoms with E-state index in [1.807, 2.05) is 39.8 Å². The molecule has 0 saturated heterocycles. The highest BCUT2D eigenvalue weighted by molar-refractivity contribution is 5.97. The molecule has 4 nitrogen and oxygen atoms in total. The zero-order valence-electron chi connectivity index (χ0n) is 12.1. The van der Waals surface area contributed by atoms with E-state index in [1.165, 1.54) is 7.11 Å². The lowest BCUT2D eigenvalue weighted by molar-refractivity contribution is -0.144. The molecule has 0 aliphatic heterocycles. The van der Waals surface area contributed by atoms with E-state index in [-0.39, 0.29) is 11.8 Å². The number of nitrogens with one attached hydrogen (secondary N) is 1. The monoisotopic (exact) mass is 263 g/mol. The molecule has 0 aliphatic carbocycles. The summed E-state index contributed by atoms with van der Waals surface area (Å²) in [5.74, 6) is -0.706. The fraction of sp³-hybridized carbons (Fsp3) is 0.467. The molecule has 1 rings (SSSR count). The lowest BCUT2D eigenvalue weighted by Gasteiger charge is -2.20. The first-order valence-electron chi connectivity index (χ1n) is 6.32. The van der Waals surface area contributed by atoms with E-state index in [0.29, 0.717) is 5.56 Å². The summed E-state index contributed by atoms with van der Waals surface area (Å²) in [5.41, 5.74) is 2.73. The zero-order valence-corrected chi connectivity index (χ0v) is 12.1. The van der Waals surface area contributed by atoms with Crippen LogP contribution in [-0.4, -0.2) is 25.0 Å². The summed E-state index contributed by atoms with van der Waals surface area (Å²) in [6.07, 6.45) is 0. The topological polar surface area (TPSA) is 55.4 Å². The summed E-state index contributed by atoms with van der Waals surface area (Å²) in [6, 6.07) is 4.84. The Balaban J connectivity index is 2.87. The van der Waals surface area contributed by atoms with Crippen LogP contribution in [0.15, 0.2) is 18.2 Å². The minimum absolute atomic E-state index is 0.0251. The van der Waals surface area contributed by atoms with Gasteiger partial charge < -0.3 is 10.1 Å². The van der Waals surface area contributed by atoms with Crippen molar-refractivity contribution in [2.75, 3.05) is 7.11 Å². The van der Waals surface area contributed by atoms with Gasteiger partial charge >= 0.3 is 5.97 Å². The first-order valence-corrected chi connectivity index (χ1v) is 6.32. The number of carbonyl (C=O) groups excluding carboxylic acids is 2. The summed E-state index contributed by atoms with van der Waals surface area (Å²) in [4.78, 5) is 23.7. The lowest BCUT2D eigenvalue weighted by Crippen LogP contribution is -2.45. The third kappa shape index (κ3) is 3.81. The Bertz CT molecular complexity index is 480. The van der Waals surface area contributed by atoms with E-state index in [4.69, 9.17) is 4.74 Å². The van der Waals surface area contributed by atoms with Gasteiger partial charge in [0.1, 0.15) is 6.04 Å². The Morgan fingerprint density at radius 1 is 1.16 bits per heavy atom. The molecular weight excluding hydrogens is 242 g/mol. The van der Waals surface area contributed by atoms with E-state index in [0.717, 1.165) is 11.1 Å². The fourth-order valence-electron chi connectivity index (χ4n) is 1.73. The van der Waals surface area contributed by atoms with Crippen LogP contribution in [0.1, 0.15) is 35.3 Å². The smallest absolute Gasteiger partial charge is 0.328 e. The summed E-state index contributed by atoms with van der Waals surface area (Å²) in [6.45, 7) is 7.67. The maximum atomic E-state index is 12.1. The van der Waals surface area contributed by atoms with Crippen molar-refractivity contribution in [3.8, 4) is 0 Å². The maximum Gasteiger partial charge on any atom is 0.328 e. The van der Waals surface area contributed by atoms with Gasteiger partial charge in [-0.15, -0.1) is 0 Å². The number of aryl methyl sites for hydroxylation is 2. The molecule has 0 radical (unpaired) electrons. The number of rotatable bonds is 4. The van der Waals surface area contributed by atoms with Gasteiger partial charge in [0.2, 0.25) is 0 Å². The number of methoxy groups -OCH3 is 1. The molecule has 0 fully saturated rings. The van der Waals surface area contributed by atoms with Crippen LogP contribution in [0.5, 0.6) is 0 Å². The quantitative estimate of drug-likeness (QED) is 0.847. The van der Waals surface area contributed by atoms with Crippen molar-refractivity contribution in [2.45, 2.75) is 33.7 Å². The first kappa shape index (κ1) is 15.2. The van der Waals surface area contributed by atoms with Crippen molar-refractivity contribution in [3.05, 3.63) is 34.9 Å². The van der Waals surface area contributed by atoms with Crippen LogP contribution in [0.2, 0.25) is 0 Å². The number of amides is 1. The number of hydrogen-bond donors (Lipinski definition) is 1. The molecule has 104 valence electrons. The molecule has 19 heavy (non-hydrogen) atoms. The third-order valence-electron chi connectivity index (χ3n) is 3.18. The van der Waals surface area contributed by atoms with Gasteiger partial charge in [0.15, 0.2) is 0 Å². The summed E-state index contributed by atoms with van der Waals surface area (Å²) in [7, 11) is 1.32. The van der Waals surface area contributed by atoms with Crippen LogP contribution in [0, 0.1) is 19.8 Å². The molecule has 0 heterocycles. The SMILES string of the molecule is COC(=O)[C@H](NC(=O)c1ccc(C)c(C)c1)C(C)C. The molecule has 0 saturated carbocycles. The van der Waals surface area contributed by atoms with Gasteiger partial charge in [0, 0.05) is 5.56 Å². The molecule has 4 heteroatoms. The van der Waals surface area contributed by atoms with Crippen LogP contribution < -0.4 is 5.32 Å². The summed E-state index contributed by atoms with van der Waals surface area (Å²) >= 11 is 0. The maximum absolute atomic E-state index is 12.1. The Kier molecular flexibility index (Phi) is 5.10. The minimum Gasteiger partial charge on any atom is -0.467 e. The van der Waals surface area contributed by atoms with Crippen LogP contribution in [0.25, 0.3) is 0 Å². The highest BCUT2D eigenvalue weighted by Gasteiger charge is 2.25. The zero-order chi connectivity index (χ0) is 14.6. The highest BCUT2D eigenvalue weighted by atomic mass is 16.5. The number of esters is 1. The third-order valence-corrected chi connectivity index (χ3v) is 3.18. The van der Waals surface area contributed by atoms with Crippen molar-refractivity contribution in [1.82, 2.24) is 5.32 Å². The van der Waals surface area contributed by atoms with Crippen molar-refractivity contribution in [1.29, 1.82) is 0 Å². The van der Waals surface area contributed by atoms with Gasteiger partial charge in [-0.1, -0.05) is 19.9 Å². The van der Waals surface area contributed by atoms with Gasteiger partial charge in [-0.3, -0.25) is 4.79 Å². The lowest BCUT2D eigenvalue weighted by atomic mass is 10.0. The number of hydrogen-bond acceptors (Lipinski definition) is 3. The van der Waals surface area contributed by atoms with Crippen molar-refractivity contribution < 1.29 is 14.3 Å².